The third-order valence-electron chi connectivity index (χ3n) is 2.49. The average molecular weight is 365 g/mol. The maximum absolute atomic E-state index is 13.3. The van der Waals surface area contributed by atoms with E-state index in [1.165, 1.54) is 30.3 Å². The number of alkyl halides is 3. The first-order valence-corrected chi connectivity index (χ1v) is 6.56. The Bertz CT molecular complexity index is 629. The van der Waals surface area contributed by atoms with E-state index in [1.54, 1.807) is 6.07 Å². The Hall–Kier alpha value is -1.76. The van der Waals surface area contributed by atoms with E-state index in [4.69, 9.17) is 4.74 Å². The van der Waals surface area contributed by atoms with Crippen LogP contribution in [0.2, 0.25) is 0 Å². The Morgan fingerprint density at radius 2 is 1.62 bits per heavy atom. The van der Waals surface area contributed by atoms with Crippen LogP contribution in [0.5, 0.6) is 11.5 Å². The second-order valence-corrected chi connectivity index (χ2v) is 4.79. The molecular weight excluding hydrogens is 356 g/mol. The zero-order valence-corrected chi connectivity index (χ0v) is 12.0. The lowest BCUT2D eigenvalue weighted by Gasteiger charge is -2.14. The van der Waals surface area contributed by atoms with E-state index in [9.17, 15) is 17.6 Å². The zero-order chi connectivity index (χ0) is 15.5. The highest BCUT2D eigenvalue weighted by Crippen LogP contribution is 2.32. The number of ether oxygens (including phenoxy) is 2. The maximum Gasteiger partial charge on any atom is 0.573 e. The number of para-hydroxylation sites is 2. The van der Waals surface area contributed by atoms with Crippen LogP contribution in [0.25, 0.3) is 0 Å². The van der Waals surface area contributed by atoms with Crippen LogP contribution in [-0.4, -0.2) is 6.36 Å². The fraction of sp³-hybridized carbons (Fsp3) is 0.143. The highest BCUT2D eigenvalue weighted by atomic mass is 79.9. The van der Waals surface area contributed by atoms with Gasteiger partial charge in [-0.25, -0.2) is 4.39 Å². The molecule has 0 fully saturated rings. The Morgan fingerprint density at radius 3 is 2.29 bits per heavy atom. The molecule has 21 heavy (non-hydrogen) atoms. The molecule has 0 bridgehead atoms. The third-order valence-corrected chi connectivity index (χ3v) is 3.38. The molecule has 0 unspecified atom stereocenters. The molecule has 0 saturated heterocycles. The predicted molar refractivity (Wildman–Crippen MR) is 71.6 cm³/mol. The standard InChI is InChI=1S/C14H9BrF4O2/c15-13-9(4-3-5-10(13)16)8-20-11-6-1-2-7-12(11)21-14(17,18)19/h1-7H,8H2. The zero-order valence-electron chi connectivity index (χ0n) is 10.5. The number of hydrogen-bond donors (Lipinski definition) is 0. The van der Waals surface area contributed by atoms with E-state index in [1.807, 2.05) is 0 Å². The van der Waals surface area contributed by atoms with E-state index in [2.05, 4.69) is 20.7 Å². The normalized spacial score (nSPS) is 11.3. The van der Waals surface area contributed by atoms with Gasteiger partial charge in [0.15, 0.2) is 11.5 Å². The summed E-state index contributed by atoms with van der Waals surface area (Å²) in [5, 5.41) is 0. The van der Waals surface area contributed by atoms with Crippen molar-refractivity contribution < 1.29 is 27.0 Å². The average Bonchev–Trinajstić information content (AvgIpc) is 2.40. The summed E-state index contributed by atoms with van der Waals surface area (Å²) in [5.41, 5.74) is 0.469. The molecule has 0 aromatic heterocycles. The van der Waals surface area contributed by atoms with Crippen molar-refractivity contribution in [1.29, 1.82) is 0 Å². The van der Waals surface area contributed by atoms with Crippen LogP contribution in [0.4, 0.5) is 17.6 Å². The van der Waals surface area contributed by atoms with Gasteiger partial charge in [-0.1, -0.05) is 24.3 Å². The highest BCUT2D eigenvalue weighted by Gasteiger charge is 2.32. The van der Waals surface area contributed by atoms with Gasteiger partial charge in [0.25, 0.3) is 0 Å². The Kier molecular flexibility index (Phi) is 4.72. The van der Waals surface area contributed by atoms with Crippen LogP contribution in [0, 0.1) is 5.82 Å². The van der Waals surface area contributed by atoms with Gasteiger partial charge >= 0.3 is 6.36 Å². The smallest absolute Gasteiger partial charge is 0.485 e. The summed E-state index contributed by atoms with van der Waals surface area (Å²) in [6.07, 6.45) is -4.81. The van der Waals surface area contributed by atoms with Gasteiger partial charge in [0.2, 0.25) is 0 Å². The Morgan fingerprint density at radius 1 is 0.952 bits per heavy atom. The molecule has 0 aliphatic heterocycles. The largest absolute Gasteiger partial charge is 0.573 e. The van der Waals surface area contributed by atoms with Gasteiger partial charge < -0.3 is 9.47 Å². The molecule has 0 atom stereocenters. The van der Waals surface area contributed by atoms with Crippen molar-refractivity contribution in [3.63, 3.8) is 0 Å². The monoisotopic (exact) mass is 364 g/mol. The molecule has 0 spiro atoms. The van der Waals surface area contributed by atoms with Crippen molar-refractivity contribution in [3.8, 4) is 11.5 Å². The molecule has 0 amide bonds. The first-order valence-electron chi connectivity index (χ1n) is 5.77. The molecule has 0 radical (unpaired) electrons. The van der Waals surface area contributed by atoms with E-state index in [-0.39, 0.29) is 16.8 Å². The van der Waals surface area contributed by atoms with Gasteiger partial charge in [-0.05, 0) is 34.1 Å². The highest BCUT2D eigenvalue weighted by molar-refractivity contribution is 9.10. The fourth-order valence-electron chi connectivity index (χ4n) is 1.59. The molecule has 0 N–H and O–H groups in total. The van der Waals surface area contributed by atoms with E-state index in [0.29, 0.717) is 5.56 Å². The summed E-state index contributed by atoms with van der Waals surface area (Å²) in [5.74, 6) is -1.00. The van der Waals surface area contributed by atoms with Crippen LogP contribution in [0.1, 0.15) is 5.56 Å². The fourth-order valence-corrected chi connectivity index (χ4v) is 1.97. The van der Waals surface area contributed by atoms with Gasteiger partial charge in [-0.2, -0.15) is 0 Å². The number of benzene rings is 2. The second-order valence-electron chi connectivity index (χ2n) is 4.00. The molecule has 0 aliphatic rings. The van der Waals surface area contributed by atoms with Crippen LogP contribution in [0.15, 0.2) is 46.9 Å². The molecule has 2 nitrogen and oxygen atoms in total. The summed E-state index contributed by atoms with van der Waals surface area (Å²) in [6, 6.07) is 9.73. The van der Waals surface area contributed by atoms with Crippen molar-refractivity contribution in [1.82, 2.24) is 0 Å². The van der Waals surface area contributed by atoms with Crippen LogP contribution >= 0.6 is 15.9 Å². The van der Waals surface area contributed by atoms with Gasteiger partial charge in [0.05, 0.1) is 4.47 Å². The minimum atomic E-state index is -4.81. The van der Waals surface area contributed by atoms with Crippen molar-refractivity contribution in [2.75, 3.05) is 0 Å². The second kappa shape index (κ2) is 6.34. The Labute approximate surface area is 126 Å². The van der Waals surface area contributed by atoms with E-state index in [0.717, 1.165) is 6.07 Å². The summed E-state index contributed by atoms with van der Waals surface area (Å²) in [4.78, 5) is 0. The minimum absolute atomic E-state index is 0.0778. The summed E-state index contributed by atoms with van der Waals surface area (Å²) >= 11 is 3.05. The molecule has 2 rings (SSSR count). The maximum atomic E-state index is 13.3. The summed E-state index contributed by atoms with van der Waals surface area (Å²) in [7, 11) is 0. The first kappa shape index (κ1) is 15.6. The van der Waals surface area contributed by atoms with Crippen LogP contribution in [-0.2, 0) is 6.61 Å². The number of hydrogen-bond acceptors (Lipinski definition) is 2. The minimum Gasteiger partial charge on any atom is -0.485 e. The van der Waals surface area contributed by atoms with Crippen molar-refractivity contribution in [2.45, 2.75) is 13.0 Å². The summed E-state index contributed by atoms with van der Waals surface area (Å²) < 4.78 is 59.5. The lowest BCUT2D eigenvalue weighted by atomic mass is 10.2. The lowest BCUT2D eigenvalue weighted by Crippen LogP contribution is -2.17. The van der Waals surface area contributed by atoms with Gasteiger partial charge in [0, 0.05) is 5.56 Å². The molecule has 112 valence electrons. The lowest BCUT2D eigenvalue weighted by molar-refractivity contribution is -0.275. The molecule has 0 saturated carbocycles. The molecule has 0 aliphatic carbocycles. The van der Waals surface area contributed by atoms with Gasteiger partial charge in [-0.15, -0.1) is 13.2 Å². The van der Waals surface area contributed by atoms with Crippen LogP contribution < -0.4 is 9.47 Å². The van der Waals surface area contributed by atoms with E-state index < -0.39 is 17.9 Å². The van der Waals surface area contributed by atoms with Gasteiger partial charge in [0.1, 0.15) is 12.4 Å². The van der Waals surface area contributed by atoms with Crippen molar-refractivity contribution in [2.24, 2.45) is 0 Å². The number of halogens is 5. The molecule has 0 heterocycles. The van der Waals surface area contributed by atoms with Crippen molar-refractivity contribution >= 4 is 15.9 Å². The topological polar surface area (TPSA) is 18.5 Å². The van der Waals surface area contributed by atoms with E-state index >= 15 is 0 Å². The Balaban J connectivity index is 2.15. The SMILES string of the molecule is Fc1cccc(COc2ccccc2OC(F)(F)F)c1Br. The quantitative estimate of drug-likeness (QED) is 0.705. The molecule has 2 aromatic rings. The summed E-state index contributed by atoms with van der Waals surface area (Å²) in [6.45, 7) is -0.101. The molecule has 7 heteroatoms. The third kappa shape index (κ3) is 4.35. The number of rotatable bonds is 4. The van der Waals surface area contributed by atoms with Gasteiger partial charge in [-0.3, -0.25) is 0 Å². The van der Waals surface area contributed by atoms with Crippen molar-refractivity contribution in [3.05, 3.63) is 58.3 Å². The first-order chi connectivity index (χ1) is 9.87. The molecular formula is C14H9BrF4O2. The van der Waals surface area contributed by atoms with Crippen LogP contribution in [0.3, 0.4) is 0 Å². The predicted octanol–water partition coefficient (Wildman–Crippen LogP) is 5.07. The molecule has 2 aromatic carbocycles.